The highest BCUT2D eigenvalue weighted by atomic mass is 19.4. The summed E-state index contributed by atoms with van der Waals surface area (Å²) in [5.41, 5.74) is 0. The third-order valence-electron chi connectivity index (χ3n) is 3.42. The number of aryl methyl sites for hydroxylation is 1. The normalized spacial score (nSPS) is 23.6. The summed E-state index contributed by atoms with van der Waals surface area (Å²) >= 11 is 0. The summed E-state index contributed by atoms with van der Waals surface area (Å²) < 4.78 is 39.1. The highest BCUT2D eigenvalue weighted by Crippen LogP contribution is 2.31. The minimum Gasteiger partial charge on any atom is -0.347 e. The molecule has 0 bridgehead atoms. The van der Waals surface area contributed by atoms with E-state index in [1.54, 1.807) is 11.6 Å². The van der Waals surface area contributed by atoms with Crippen molar-refractivity contribution in [3.05, 3.63) is 12.2 Å². The van der Waals surface area contributed by atoms with E-state index in [9.17, 15) is 18.0 Å². The van der Waals surface area contributed by atoms with E-state index in [-0.39, 0.29) is 31.8 Å². The third-order valence-corrected chi connectivity index (χ3v) is 3.42. The number of alkyl halides is 3. The largest absolute Gasteiger partial charge is 0.393 e. The number of hydrogen-bond donors (Lipinski definition) is 2. The van der Waals surface area contributed by atoms with Gasteiger partial charge in [-0.05, 0) is 12.8 Å². The van der Waals surface area contributed by atoms with E-state index in [0.29, 0.717) is 5.82 Å². The van der Waals surface area contributed by atoms with Crippen molar-refractivity contribution in [2.24, 2.45) is 13.0 Å². The number of rotatable bonds is 3. The van der Waals surface area contributed by atoms with Crippen LogP contribution < -0.4 is 10.6 Å². The second-order valence-corrected chi connectivity index (χ2v) is 4.85. The van der Waals surface area contributed by atoms with E-state index in [0.717, 1.165) is 0 Å². The molecule has 1 aliphatic rings. The molecule has 0 aromatic carbocycles. The number of amides is 1. The van der Waals surface area contributed by atoms with Crippen molar-refractivity contribution in [1.29, 1.82) is 0 Å². The van der Waals surface area contributed by atoms with Gasteiger partial charge in [0.25, 0.3) is 0 Å². The number of nitrogens with zero attached hydrogens (tertiary/aromatic N) is 3. The molecule has 9 heteroatoms. The number of aromatic nitrogens is 3. The number of hydrogen-bond acceptors (Lipinski definition) is 4. The van der Waals surface area contributed by atoms with Crippen molar-refractivity contribution in [2.75, 3.05) is 6.54 Å². The van der Waals surface area contributed by atoms with Gasteiger partial charge in [-0.2, -0.15) is 13.2 Å². The van der Waals surface area contributed by atoms with Gasteiger partial charge in [-0.25, -0.2) is 0 Å². The Kier molecular flexibility index (Phi) is 4.26. The van der Waals surface area contributed by atoms with Crippen molar-refractivity contribution in [2.45, 2.75) is 31.6 Å². The van der Waals surface area contributed by atoms with Gasteiger partial charge in [0.05, 0.1) is 18.5 Å². The first-order chi connectivity index (χ1) is 9.38. The summed E-state index contributed by atoms with van der Waals surface area (Å²) in [5.74, 6) is -1.10. The molecule has 1 aromatic heterocycles. The molecule has 1 aliphatic heterocycles. The van der Waals surface area contributed by atoms with Crippen LogP contribution in [-0.2, 0) is 18.4 Å². The van der Waals surface area contributed by atoms with Crippen molar-refractivity contribution < 1.29 is 18.0 Å². The van der Waals surface area contributed by atoms with Crippen molar-refractivity contribution >= 4 is 5.91 Å². The smallest absolute Gasteiger partial charge is 0.347 e. The SMILES string of the molecule is Cn1cnnc1CNC(=O)C1CCC(C(F)(F)F)CN1. The minimum atomic E-state index is -4.20. The van der Waals surface area contributed by atoms with Crippen LogP contribution in [0.25, 0.3) is 0 Å². The zero-order valence-corrected chi connectivity index (χ0v) is 10.9. The monoisotopic (exact) mass is 291 g/mol. The Labute approximate surface area is 113 Å². The van der Waals surface area contributed by atoms with Gasteiger partial charge in [0, 0.05) is 13.6 Å². The van der Waals surface area contributed by atoms with Crippen LogP contribution in [0.15, 0.2) is 6.33 Å². The van der Waals surface area contributed by atoms with Gasteiger partial charge in [-0.1, -0.05) is 0 Å². The molecule has 2 rings (SSSR count). The van der Waals surface area contributed by atoms with Crippen LogP contribution in [0, 0.1) is 5.92 Å². The Balaban J connectivity index is 1.79. The molecule has 20 heavy (non-hydrogen) atoms. The lowest BCUT2D eigenvalue weighted by atomic mass is 9.94. The number of carbonyl (C=O) groups is 1. The second kappa shape index (κ2) is 5.78. The van der Waals surface area contributed by atoms with E-state index in [1.807, 2.05) is 0 Å². The van der Waals surface area contributed by atoms with E-state index in [2.05, 4.69) is 20.8 Å². The lowest BCUT2D eigenvalue weighted by Crippen LogP contribution is -2.51. The van der Waals surface area contributed by atoms with Gasteiger partial charge in [-0.15, -0.1) is 10.2 Å². The fraction of sp³-hybridized carbons (Fsp3) is 0.727. The molecule has 1 fully saturated rings. The molecule has 112 valence electrons. The van der Waals surface area contributed by atoms with Crippen LogP contribution in [0.4, 0.5) is 13.2 Å². The molecule has 0 aliphatic carbocycles. The summed E-state index contributed by atoms with van der Waals surface area (Å²) in [6, 6.07) is -0.582. The van der Waals surface area contributed by atoms with E-state index in [1.165, 1.54) is 6.33 Å². The lowest BCUT2D eigenvalue weighted by molar-refractivity contribution is -0.180. The Bertz CT molecular complexity index is 465. The molecule has 2 N–H and O–H groups in total. The topological polar surface area (TPSA) is 71.8 Å². The van der Waals surface area contributed by atoms with E-state index >= 15 is 0 Å². The standard InChI is InChI=1S/C11H16F3N5O/c1-19-6-17-18-9(19)5-16-10(20)8-3-2-7(4-15-8)11(12,13)14/h6-8,15H,2-5H2,1H3,(H,16,20). The van der Waals surface area contributed by atoms with Crippen LogP contribution in [0.3, 0.4) is 0 Å². The molecule has 2 heterocycles. The first-order valence-electron chi connectivity index (χ1n) is 6.28. The molecule has 0 saturated carbocycles. The average molecular weight is 291 g/mol. The summed E-state index contributed by atoms with van der Waals surface area (Å²) in [7, 11) is 1.74. The fourth-order valence-corrected chi connectivity index (χ4v) is 2.12. The number of carbonyl (C=O) groups excluding carboxylic acids is 1. The number of piperidine rings is 1. The predicted molar refractivity (Wildman–Crippen MR) is 63.4 cm³/mol. The maximum absolute atomic E-state index is 12.5. The zero-order valence-electron chi connectivity index (χ0n) is 10.9. The van der Waals surface area contributed by atoms with Crippen molar-refractivity contribution in [1.82, 2.24) is 25.4 Å². The lowest BCUT2D eigenvalue weighted by Gasteiger charge is -2.30. The number of halogens is 3. The van der Waals surface area contributed by atoms with Crippen LogP contribution in [0.1, 0.15) is 18.7 Å². The highest BCUT2D eigenvalue weighted by Gasteiger charge is 2.42. The first-order valence-corrected chi connectivity index (χ1v) is 6.28. The fourth-order valence-electron chi connectivity index (χ4n) is 2.12. The summed E-state index contributed by atoms with van der Waals surface area (Å²) in [4.78, 5) is 11.8. The second-order valence-electron chi connectivity index (χ2n) is 4.85. The van der Waals surface area contributed by atoms with Gasteiger partial charge < -0.3 is 15.2 Å². The molecular formula is C11H16F3N5O. The summed E-state index contributed by atoms with van der Waals surface area (Å²) in [6.45, 7) is -0.0121. The van der Waals surface area contributed by atoms with Crippen LogP contribution >= 0.6 is 0 Å². The first kappa shape index (κ1) is 14.8. The van der Waals surface area contributed by atoms with Crippen LogP contribution in [0.2, 0.25) is 0 Å². The Hall–Kier alpha value is -1.64. The van der Waals surface area contributed by atoms with Gasteiger partial charge in [0.15, 0.2) is 5.82 Å². The molecule has 6 nitrogen and oxygen atoms in total. The maximum atomic E-state index is 12.5. The molecule has 2 atom stereocenters. The molecule has 1 saturated heterocycles. The Morgan fingerprint density at radius 3 is 2.80 bits per heavy atom. The number of nitrogens with one attached hydrogen (secondary N) is 2. The van der Waals surface area contributed by atoms with Crippen LogP contribution in [-0.4, -0.2) is 39.4 Å². The van der Waals surface area contributed by atoms with Gasteiger partial charge >= 0.3 is 6.18 Å². The Morgan fingerprint density at radius 2 is 2.30 bits per heavy atom. The minimum absolute atomic E-state index is 0.0292. The van der Waals surface area contributed by atoms with E-state index in [4.69, 9.17) is 0 Å². The van der Waals surface area contributed by atoms with Gasteiger partial charge in [-0.3, -0.25) is 4.79 Å². The highest BCUT2D eigenvalue weighted by molar-refractivity contribution is 5.81. The molecular weight excluding hydrogens is 275 g/mol. The summed E-state index contributed by atoms with van der Waals surface area (Å²) in [5, 5.41) is 12.8. The molecule has 0 spiro atoms. The van der Waals surface area contributed by atoms with E-state index < -0.39 is 18.1 Å². The summed E-state index contributed by atoms with van der Waals surface area (Å²) in [6.07, 6.45) is -2.55. The van der Waals surface area contributed by atoms with Gasteiger partial charge in [0.1, 0.15) is 6.33 Å². The van der Waals surface area contributed by atoms with Crippen LogP contribution in [0.5, 0.6) is 0 Å². The molecule has 0 radical (unpaired) electrons. The zero-order chi connectivity index (χ0) is 14.8. The maximum Gasteiger partial charge on any atom is 0.393 e. The molecule has 1 amide bonds. The average Bonchev–Trinajstić information content (AvgIpc) is 2.81. The molecule has 1 aromatic rings. The van der Waals surface area contributed by atoms with Crippen molar-refractivity contribution in [3.8, 4) is 0 Å². The van der Waals surface area contributed by atoms with Gasteiger partial charge in [0.2, 0.25) is 5.91 Å². The quantitative estimate of drug-likeness (QED) is 0.843. The third kappa shape index (κ3) is 3.47. The molecule has 2 unspecified atom stereocenters. The predicted octanol–water partition coefficient (Wildman–Crippen LogP) is 0.362. The Morgan fingerprint density at radius 1 is 1.55 bits per heavy atom. The van der Waals surface area contributed by atoms with Crippen molar-refractivity contribution in [3.63, 3.8) is 0 Å².